The van der Waals surface area contributed by atoms with Gasteiger partial charge in [-0.15, -0.1) is 0 Å². The quantitative estimate of drug-likeness (QED) is 0.752. The Kier molecular flexibility index (Phi) is 4.51. The number of anilines is 2. The number of para-hydroxylation sites is 1. The Labute approximate surface area is 137 Å². The molecule has 0 bridgehead atoms. The average Bonchev–Trinajstić information content (AvgIpc) is 3.08. The van der Waals surface area contributed by atoms with E-state index in [2.05, 4.69) is 20.6 Å². The number of aromatic nitrogens is 2. The second kappa shape index (κ2) is 6.91. The molecule has 0 aliphatic carbocycles. The predicted molar refractivity (Wildman–Crippen MR) is 86.3 cm³/mol. The number of rotatable bonds is 5. The van der Waals surface area contributed by atoms with Gasteiger partial charge in [0, 0.05) is 6.07 Å². The maximum absolute atomic E-state index is 13.7. The Hall–Kier alpha value is -3.22. The summed E-state index contributed by atoms with van der Waals surface area (Å²) >= 11 is 0. The summed E-state index contributed by atoms with van der Waals surface area (Å²) in [4.78, 5) is 20.5. The minimum absolute atomic E-state index is 0.188. The van der Waals surface area contributed by atoms with Crippen molar-refractivity contribution >= 4 is 17.4 Å². The summed E-state index contributed by atoms with van der Waals surface area (Å²) in [7, 11) is 0. The highest BCUT2D eigenvalue weighted by Crippen LogP contribution is 2.18. The zero-order chi connectivity index (χ0) is 16.9. The van der Waals surface area contributed by atoms with Gasteiger partial charge in [0.1, 0.15) is 28.9 Å². The molecule has 2 aromatic heterocycles. The fraction of sp³-hybridized carbons (Fsp3) is 0.118. The van der Waals surface area contributed by atoms with E-state index in [4.69, 9.17) is 4.42 Å². The number of hydrogen-bond acceptors (Lipinski definition) is 5. The van der Waals surface area contributed by atoms with Crippen LogP contribution >= 0.6 is 0 Å². The van der Waals surface area contributed by atoms with Crippen LogP contribution in [0.5, 0.6) is 0 Å². The van der Waals surface area contributed by atoms with Gasteiger partial charge < -0.3 is 15.1 Å². The molecule has 7 heteroatoms. The molecule has 0 aliphatic heterocycles. The molecule has 24 heavy (non-hydrogen) atoms. The summed E-state index contributed by atoms with van der Waals surface area (Å²) in [6.45, 7) is 1.92. The molecule has 0 unspecified atom stereocenters. The molecular formula is C17H15FN4O2. The molecule has 122 valence electrons. The van der Waals surface area contributed by atoms with Gasteiger partial charge in [0.05, 0.1) is 18.5 Å². The van der Waals surface area contributed by atoms with E-state index in [1.807, 2.05) is 0 Å². The van der Waals surface area contributed by atoms with Crippen LogP contribution in [-0.2, 0) is 6.54 Å². The van der Waals surface area contributed by atoms with Crippen molar-refractivity contribution in [3.8, 4) is 0 Å². The van der Waals surface area contributed by atoms with Crippen molar-refractivity contribution < 1.29 is 13.6 Å². The topological polar surface area (TPSA) is 80.0 Å². The van der Waals surface area contributed by atoms with E-state index in [0.29, 0.717) is 17.4 Å². The first-order valence-corrected chi connectivity index (χ1v) is 7.29. The molecule has 2 heterocycles. The van der Waals surface area contributed by atoms with E-state index in [9.17, 15) is 9.18 Å². The number of carbonyl (C=O) groups is 1. The van der Waals surface area contributed by atoms with Gasteiger partial charge in [0.15, 0.2) is 0 Å². The van der Waals surface area contributed by atoms with Crippen LogP contribution in [0.2, 0.25) is 0 Å². The molecule has 0 fully saturated rings. The summed E-state index contributed by atoms with van der Waals surface area (Å²) in [6.07, 6.45) is 1.53. The third kappa shape index (κ3) is 3.75. The standard InChI is InChI=1S/C17H15FN4O2/c1-11-20-15(17(23)19-10-12-5-4-8-24-12)9-16(21-11)22-14-7-3-2-6-13(14)18/h2-9H,10H2,1H3,(H,19,23)(H,20,21,22). The van der Waals surface area contributed by atoms with Gasteiger partial charge >= 0.3 is 0 Å². The summed E-state index contributed by atoms with van der Waals surface area (Å²) < 4.78 is 18.9. The Morgan fingerprint density at radius 3 is 2.79 bits per heavy atom. The number of furan rings is 1. The molecular weight excluding hydrogens is 311 g/mol. The average molecular weight is 326 g/mol. The van der Waals surface area contributed by atoms with E-state index in [-0.39, 0.29) is 23.8 Å². The van der Waals surface area contributed by atoms with Crippen molar-refractivity contribution in [1.29, 1.82) is 0 Å². The molecule has 0 atom stereocenters. The van der Waals surface area contributed by atoms with Crippen molar-refractivity contribution in [2.24, 2.45) is 0 Å². The maximum atomic E-state index is 13.7. The number of carbonyl (C=O) groups excluding carboxylic acids is 1. The monoisotopic (exact) mass is 326 g/mol. The van der Waals surface area contributed by atoms with Crippen molar-refractivity contribution in [3.63, 3.8) is 0 Å². The maximum Gasteiger partial charge on any atom is 0.270 e. The molecule has 2 N–H and O–H groups in total. The number of amides is 1. The van der Waals surface area contributed by atoms with E-state index < -0.39 is 5.82 Å². The lowest BCUT2D eigenvalue weighted by molar-refractivity contribution is 0.0942. The van der Waals surface area contributed by atoms with E-state index in [1.165, 1.54) is 18.4 Å². The second-order valence-electron chi connectivity index (χ2n) is 5.05. The minimum atomic E-state index is -0.405. The Morgan fingerprint density at radius 2 is 2.04 bits per heavy atom. The van der Waals surface area contributed by atoms with Crippen LogP contribution < -0.4 is 10.6 Å². The molecule has 3 rings (SSSR count). The minimum Gasteiger partial charge on any atom is -0.467 e. The fourth-order valence-corrected chi connectivity index (χ4v) is 2.12. The number of aryl methyl sites for hydroxylation is 1. The van der Waals surface area contributed by atoms with Gasteiger partial charge in [-0.2, -0.15) is 0 Å². The summed E-state index contributed by atoms with van der Waals surface area (Å²) in [5, 5.41) is 5.56. The number of benzene rings is 1. The first-order chi connectivity index (χ1) is 11.6. The highest BCUT2D eigenvalue weighted by atomic mass is 19.1. The molecule has 0 aliphatic rings. The smallest absolute Gasteiger partial charge is 0.270 e. The van der Waals surface area contributed by atoms with Crippen LogP contribution in [0.4, 0.5) is 15.9 Å². The molecule has 0 saturated carbocycles. The highest BCUT2D eigenvalue weighted by Gasteiger charge is 2.12. The molecule has 1 amide bonds. The molecule has 0 radical (unpaired) electrons. The third-order valence-electron chi connectivity index (χ3n) is 3.21. The molecule has 1 aromatic carbocycles. The summed E-state index contributed by atoms with van der Waals surface area (Å²) in [5.41, 5.74) is 0.463. The first kappa shape index (κ1) is 15.7. The van der Waals surface area contributed by atoms with E-state index in [0.717, 1.165) is 0 Å². The van der Waals surface area contributed by atoms with Gasteiger partial charge in [-0.3, -0.25) is 4.79 Å². The lowest BCUT2D eigenvalue weighted by Gasteiger charge is -2.09. The van der Waals surface area contributed by atoms with E-state index >= 15 is 0 Å². The van der Waals surface area contributed by atoms with Crippen LogP contribution in [-0.4, -0.2) is 15.9 Å². The van der Waals surface area contributed by atoms with Crippen LogP contribution in [0.25, 0.3) is 0 Å². The fourth-order valence-electron chi connectivity index (χ4n) is 2.12. The van der Waals surface area contributed by atoms with Crippen LogP contribution in [0.1, 0.15) is 22.1 Å². The molecule has 3 aromatic rings. The Balaban J connectivity index is 1.75. The summed E-state index contributed by atoms with van der Waals surface area (Å²) in [5.74, 6) is 0.611. The van der Waals surface area contributed by atoms with Gasteiger partial charge in [-0.25, -0.2) is 14.4 Å². The van der Waals surface area contributed by atoms with E-state index in [1.54, 1.807) is 37.3 Å². The van der Waals surface area contributed by atoms with Crippen molar-refractivity contribution in [1.82, 2.24) is 15.3 Å². The van der Waals surface area contributed by atoms with Crippen LogP contribution in [0, 0.1) is 12.7 Å². The highest BCUT2D eigenvalue weighted by molar-refractivity contribution is 5.93. The lowest BCUT2D eigenvalue weighted by Crippen LogP contribution is -2.24. The van der Waals surface area contributed by atoms with Crippen LogP contribution in [0.15, 0.2) is 53.1 Å². The largest absolute Gasteiger partial charge is 0.467 e. The number of hydrogen-bond donors (Lipinski definition) is 2. The number of halogens is 1. The SMILES string of the molecule is Cc1nc(Nc2ccccc2F)cc(C(=O)NCc2ccco2)n1. The van der Waals surface area contributed by atoms with Crippen LogP contribution in [0.3, 0.4) is 0 Å². The van der Waals surface area contributed by atoms with Crippen molar-refractivity contribution in [3.05, 3.63) is 71.8 Å². The lowest BCUT2D eigenvalue weighted by atomic mass is 10.3. The Morgan fingerprint density at radius 1 is 1.21 bits per heavy atom. The van der Waals surface area contributed by atoms with Gasteiger partial charge in [-0.1, -0.05) is 12.1 Å². The van der Waals surface area contributed by atoms with Gasteiger partial charge in [-0.05, 0) is 31.2 Å². The number of nitrogens with zero attached hydrogens (tertiary/aromatic N) is 2. The van der Waals surface area contributed by atoms with Gasteiger partial charge in [0.2, 0.25) is 0 Å². The second-order valence-corrected chi connectivity index (χ2v) is 5.05. The summed E-state index contributed by atoms with van der Waals surface area (Å²) in [6, 6.07) is 11.2. The molecule has 6 nitrogen and oxygen atoms in total. The zero-order valence-electron chi connectivity index (χ0n) is 12.9. The molecule has 0 spiro atoms. The Bertz CT molecular complexity index is 850. The van der Waals surface area contributed by atoms with Gasteiger partial charge in [0.25, 0.3) is 5.91 Å². The number of nitrogens with one attached hydrogen (secondary N) is 2. The normalized spacial score (nSPS) is 10.4. The first-order valence-electron chi connectivity index (χ1n) is 7.29. The third-order valence-corrected chi connectivity index (χ3v) is 3.21. The zero-order valence-corrected chi connectivity index (χ0v) is 12.9. The van der Waals surface area contributed by atoms with Crippen molar-refractivity contribution in [2.45, 2.75) is 13.5 Å². The predicted octanol–water partition coefficient (Wildman–Crippen LogP) is 3.19. The molecule has 0 saturated heterocycles. The van der Waals surface area contributed by atoms with Crippen molar-refractivity contribution in [2.75, 3.05) is 5.32 Å².